The quantitative estimate of drug-likeness (QED) is 0.608. The Kier molecular flexibility index (Phi) is 7.11. The second-order valence-corrected chi connectivity index (χ2v) is 3.68. The van der Waals surface area contributed by atoms with E-state index in [9.17, 15) is 4.79 Å². The molecule has 0 bridgehead atoms. The number of hydrogen-bond acceptors (Lipinski definition) is 2. The zero-order chi connectivity index (χ0) is 11.0. The molecule has 2 N–H and O–H groups in total. The maximum Gasteiger partial charge on any atom is 0.234 e. The van der Waals surface area contributed by atoms with Gasteiger partial charge in [-0.1, -0.05) is 13.0 Å². The second kappa shape index (κ2) is 7.56. The molecule has 2 atom stereocenters. The van der Waals surface area contributed by atoms with Gasteiger partial charge in [-0.2, -0.15) is 0 Å². The van der Waals surface area contributed by atoms with Gasteiger partial charge in [0.15, 0.2) is 0 Å². The van der Waals surface area contributed by atoms with Gasteiger partial charge in [-0.15, -0.1) is 6.58 Å². The molecular weight excluding hydrogens is 176 g/mol. The number of rotatable bonds is 7. The van der Waals surface area contributed by atoms with Crippen LogP contribution in [0.2, 0.25) is 0 Å². The highest BCUT2D eigenvalue weighted by atomic mass is 16.1. The van der Waals surface area contributed by atoms with E-state index < -0.39 is 0 Å². The summed E-state index contributed by atoms with van der Waals surface area (Å²) in [4.78, 5) is 11.3. The lowest BCUT2D eigenvalue weighted by molar-refractivity contribution is -0.120. The predicted molar refractivity (Wildman–Crippen MR) is 60.2 cm³/mol. The third-order valence-corrected chi connectivity index (χ3v) is 2.15. The fourth-order valence-electron chi connectivity index (χ4n) is 1.05. The molecule has 0 aromatic carbocycles. The highest BCUT2D eigenvalue weighted by Crippen LogP contribution is 1.90. The molecule has 0 aliphatic rings. The summed E-state index contributed by atoms with van der Waals surface area (Å²) < 4.78 is 0. The van der Waals surface area contributed by atoms with Crippen molar-refractivity contribution in [3.05, 3.63) is 12.7 Å². The molecule has 1 amide bonds. The van der Waals surface area contributed by atoms with Crippen LogP contribution in [0.3, 0.4) is 0 Å². The van der Waals surface area contributed by atoms with Crippen molar-refractivity contribution >= 4 is 5.91 Å². The molecule has 3 nitrogen and oxygen atoms in total. The van der Waals surface area contributed by atoms with Gasteiger partial charge in [-0.05, 0) is 26.7 Å². The summed E-state index contributed by atoms with van der Waals surface area (Å²) in [7, 11) is 0. The zero-order valence-electron chi connectivity index (χ0n) is 9.47. The second-order valence-electron chi connectivity index (χ2n) is 3.68. The van der Waals surface area contributed by atoms with Gasteiger partial charge in [-0.25, -0.2) is 0 Å². The Labute approximate surface area is 87.0 Å². The van der Waals surface area contributed by atoms with E-state index in [0.717, 1.165) is 12.8 Å². The fraction of sp³-hybridized carbons (Fsp3) is 0.727. The molecule has 0 heterocycles. The highest BCUT2D eigenvalue weighted by Gasteiger charge is 2.06. The monoisotopic (exact) mass is 198 g/mol. The van der Waals surface area contributed by atoms with E-state index >= 15 is 0 Å². The largest absolute Gasteiger partial charge is 0.352 e. The summed E-state index contributed by atoms with van der Waals surface area (Å²) in [5.74, 6) is 0.0552. The summed E-state index contributed by atoms with van der Waals surface area (Å²) in [6.45, 7) is 10.2. The summed E-state index contributed by atoms with van der Waals surface area (Å²) in [6, 6.07) is 0.578. The number of hydrogen-bond donors (Lipinski definition) is 2. The molecule has 2 unspecified atom stereocenters. The summed E-state index contributed by atoms with van der Waals surface area (Å²) >= 11 is 0. The molecule has 0 rings (SSSR count). The van der Waals surface area contributed by atoms with Crippen LogP contribution in [-0.2, 0) is 4.79 Å². The van der Waals surface area contributed by atoms with Crippen LogP contribution in [0.1, 0.15) is 33.6 Å². The van der Waals surface area contributed by atoms with Crippen molar-refractivity contribution in [1.29, 1.82) is 0 Å². The molecule has 0 saturated heterocycles. The Balaban J connectivity index is 3.59. The molecule has 0 radical (unpaired) electrons. The van der Waals surface area contributed by atoms with Crippen LogP contribution in [0.25, 0.3) is 0 Å². The first kappa shape index (κ1) is 13.2. The minimum Gasteiger partial charge on any atom is -0.352 e. The molecule has 0 aromatic heterocycles. The van der Waals surface area contributed by atoms with Crippen LogP contribution in [0.4, 0.5) is 0 Å². The van der Waals surface area contributed by atoms with E-state index in [1.807, 2.05) is 13.0 Å². The Morgan fingerprint density at radius 3 is 2.57 bits per heavy atom. The van der Waals surface area contributed by atoms with Crippen LogP contribution in [0, 0.1) is 0 Å². The predicted octanol–water partition coefficient (Wildman–Crippen LogP) is 1.46. The summed E-state index contributed by atoms with van der Waals surface area (Å²) in [5, 5.41) is 6.03. The minimum atomic E-state index is 0.0552. The van der Waals surface area contributed by atoms with Gasteiger partial charge in [0.1, 0.15) is 0 Å². The average Bonchev–Trinajstić information content (AvgIpc) is 2.14. The van der Waals surface area contributed by atoms with Crippen LogP contribution < -0.4 is 10.6 Å². The van der Waals surface area contributed by atoms with E-state index in [1.165, 1.54) is 0 Å². The third kappa shape index (κ3) is 6.66. The summed E-state index contributed by atoms with van der Waals surface area (Å²) in [5.41, 5.74) is 0. The molecule has 0 aliphatic heterocycles. The highest BCUT2D eigenvalue weighted by molar-refractivity contribution is 5.78. The number of carbonyl (C=O) groups is 1. The lowest BCUT2D eigenvalue weighted by Gasteiger charge is -2.14. The Hall–Kier alpha value is -0.830. The first-order chi connectivity index (χ1) is 6.60. The third-order valence-electron chi connectivity index (χ3n) is 2.15. The van der Waals surface area contributed by atoms with E-state index in [4.69, 9.17) is 0 Å². The van der Waals surface area contributed by atoms with Gasteiger partial charge in [0.25, 0.3) is 0 Å². The number of nitrogens with one attached hydrogen (secondary N) is 2. The van der Waals surface area contributed by atoms with Crippen molar-refractivity contribution in [1.82, 2.24) is 10.6 Å². The van der Waals surface area contributed by atoms with Gasteiger partial charge in [-0.3, -0.25) is 4.79 Å². The smallest absolute Gasteiger partial charge is 0.234 e. The minimum absolute atomic E-state index is 0.0552. The van der Waals surface area contributed by atoms with E-state index in [-0.39, 0.29) is 11.9 Å². The molecule has 0 aromatic rings. The molecule has 0 saturated carbocycles. The molecule has 0 fully saturated rings. The SMILES string of the molecule is C=CCC(C)NC(=O)CNC(C)CC. The zero-order valence-corrected chi connectivity index (χ0v) is 9.47. The van der Waals surface area contributed by atoms with Gasteiger partial charge >= 0.3 is 0 Å². The number of carbonyl (C=O) groups excluding carboxylic acids is 1. The van der Waals surface area contributed by atoms with Crippen molar-refractivity contribution in [3.8, 4) is 0 Å². The maximum atomic E-state index is 11.3. The molecule has 0 aliphatic carbocycles. The maximum absolute atomic E-state index is 11.3. The standard InChI is InChI=1S/C11H22N2O/c1-5-7-10(4)13-11(14)8-12-9(3)6-2/h5,9-10,12H,1,6-8H2,2-4H3,(H,13,14). The molecular formula is C11H22N2O. The molecule has 14 heavy (non-hydrogen) atoms. The summed E-state index contributed by atoms with van der Waals surface area (Å²) in [6.07, 6.45) is 3.66. The Morgan fingerprint density at radius 2 is 2.07 bits per heavy atom. The van der Waals surface area contributed by atoms with E-state index in [2.05, 4.69) is 31.1 Å². The normalized spacial score (nSPS) is 14.5. The van der Waals surface area contributed by atoms with Crippen molar-refractivity contribution < 1.29 is 4.79 Å². The Bertz CT molecular complexity index is 180. The number of amides is 1. The van der Waals surface area contributed by atoms with Gasteiger partial charge < -0.3 is 10.6 Å². The topological polar surface area (TPSA) is 41.1 Å². The first-order valence-corrected chi connectivity index (χ1v) is 5.23. The Morgan fingerprint density at radius 1 is 1.43 bits per heavy atom. The van der Waals surface area contributed by atoms with Crippen molar-refractivity contribution in [3.63, 3.8) is 0 Å². The van der Waals surface area contributed by atoms with Crippen molar-refractivity contribution in [2.24, 2.45) is 0 Å². The average molecular weight is 198 g/mol. The van der Waals surface area contributed by atoms with Gasteiger partial charge in [0.05, 0.1) is 6.54 Å². The van der Waals surface area contributed by atoms with Crippen LogP contribution in [0.15, 0.2) is 12.7 Å². The van der Waals surface area contributed by atoms with Crippen LogP contribution in [0.5, 0.6) is 0 Å². The van der Waals surface area contributed by atoms with Crippen molar-refractivity contribution in [2.75, 3.05) is 6.54 Å². The van der Waals surface area contributed by atoms with Gasteiger partial charge in [0, 0.05) is 12.1 Å². The first-order valence-electron chi connectivity index (χ1n) is 5.23. The molecule has 82 valence electrons. The van der Waals surface area contributed by atoms with Crippen LogP contribution >= 0.6 is 0 Å². The lowest BCUT2D eigenvalue weighted by Crippen LogP contribution is -2.41. The fourth-order valence-corrected chi connectivity index (χ4v) is 1.05. The lowest BCUT2D eigenvalue weighted by atomic mass is 10.2. The van der Waals surface area contributed by atoms with E-state index in [0.29, 0.717) is 12.6 Å². The van der Waals surface area contributed by atoms with E-state index in [1.54, 1.807) is 0 Å². The molecule has 3 heteroatoms. The molecule has 0 spiro atoms. The van der Waals surface area contributed by atoms with Gasteiger partial charge in [0.2, 0.25) is 5.91 Å². The van der Waals surface area contributed by atoms with Crippen LogP contribution in [-0.4, -0.2) is 24.5 Å². The van der Waals surface area contributed by atoms with Crippen molar-refractivity contribution in [2.45, 2.75) is 45.7 Å².